The number of ether oxygens (including phenoxy) is 9. The average Bonchev–Trinajstić information content (AvgIpc) is 3.28. The number of carbonyl (C=O) groups is 3. The lowest BCUT2D eigenvalue weighted by molar-refractivity contribution is -0.383. The van der Waals surface area contributed by atoms with Gasteiger partial charge in [0.25, 0.3) is 0 Å². The summed E-state index contributed by atoms with van der Waals surface area (Å²) in [6, 6.07) is -2.99. The van der Waals surface area contributed by atoms with Gasteiger partial charge in [0.15, 0.2) is 25.2 Å². The lowest BCUT2D eigenvalue weighted by atomic mass is 9.89. The first-order valence-corrected chi connectivity index (χ1v) is 22.0. The van der Waals surface area contributed by atoms with Crippen LogP contribution in [0.3, 0.4) is 0 Å². The molecule has 382 valence electrons. The normalized spacial score (nSPS) is 46.7. The number of alkyl halides is 1. The number of amides is 2. The zero-order valence-electron chi connectivity index (χ0n) is 35.4. The van der Waals surface area contributed by atoms with Crippen molar-refractivity contribution in [1.29, 1.82) is 0 Å². The van der Waals surface area contributed by atoms with Gasteiger partial charge >= 0.3 is 0 Å². The number of halogens is 1. The number of hydrogen-bond donors (Lipinski definition) is 16. The van der Waals surface area contributed by atoms with E-state index in [0.717, 1.165) is 13.8 Å². The summed E-state index contributed by atoms with van der Waals surface area (Å²) in [6.45, 7) is -2.22. The smallest absolute Gasteiger partial charge is 0.217 e. The number of aliphatic hydroxyl groups excluding tert-OH is 14. The SMILES string of the molecule is CC(=O)NC1[C@H](O[C@H]2C(CO)O[C@@H](CC(=O)CBr)C(NC(C)=O)[C@H]2O)OC(CO)[C@H](O[C@@H]2OC(CO[C@@H]3OC(CO)[C@H](O)[C@H](O)C3O)[C@H](O)[C@H](O[C@@H]3OC(CO)[C@H](O)C(O)C3O)C2O)[C@@H]1O. The van der Waals surface area contributed by atoms with E-state index in [1.54, 1.807) is 0 Å². The number of nitrogens with one attached hydrogen (secondary N) is 2. The highest BCUT2D eigenvalue weighted by Crippen LogP contribution is 2.35. The maximum absolute atomic E-state index is 12.6. The summed E-state index contributed by atoms with van der Waals surface area (Å²) in [6.07, 6.45) is -41.8. The Kier molecular flexibility index (Phi) is 20.3. The number of ketones is 1. The van der Waals surface area contributed by atoms with Crippen LogP contribution < -0.4 is 10.6 Å². The van der Waals surface area contributed by atoms with Crippen LogP contribution in [0.15, 0.2) is 0 Å². The van der Waals surface area contributed by atoms with Gasteiger partial charge in [0.05, 0.1) is 50.5 Å². The predicted octanol–water partition coefficient (Wildman–Crippen LogP) is -10.2. The lowest BCUT2D eigenvalue weighted by Gasteiger charge is -2.50. The summed E-state index contributed by atoms with van der Waals surface area (Å²) in [5.41, 5.74) is 0. The second-order valence-corrected chi connectivity index (χ2v) is 17.0. The first-order valence-electron chi connectivity index (χ1n) is 20.9. The zero-order chi connectivity index (χ0) is 48.9. The summed E-state index contributed by atoms with van der Waals surface area (Å²) < 4.78 is 51.8. The molecule has 0 radical (unpaired) electrons. The second kappa shape index (κ2) is 24.3. The van der Waals surface area contributed by atoms with Gasteiger partial charge in [0.2, 0.25) is 11.8 Å². The second-order valence-electron chi connectivity index (χ2n) is 16.5. The Labute approximate surface area is 383 Å². The Morgan fingerprint density at radius 2 is 0.879 bits per heavy atom. The first-order chi connectivity index (χ1) is 31.2. The summed E-state index contributed by atoms with van der Waals surface area (Å²) >= 11 is 3.04. The molecule has 28 nitrogen and oxygen atoms in total. The Bertz CT molecular complexity index is 1570. The average molecular weight is 1030 g/mol. The van der Waals surface area contributed by atoms with Gasteiger partial charge in [-0.05, 0) is 0 Å². The quantitative estimate of drug-likeness (QED) is 0.0567. The zero-order valence-corrected chi connectivity index (χ0v) is 37.0. The summed E-state index contributed by atoms with van der Waals surface area (Å²) in [5, 5.41) is 154. The number of carbonyl (C=O) groups excluding carboxylic acids is 3. The molecule has 0 spiro atoms. The summed E-state index contributed by atoms with van der Waals surface area (Å²) in [5.74, 6) is -1.80. The third kappa shape index (κ3) is 12.4. The highest BCUT2D eigenvalue weighted by molar-refractivity contribution is 9.09. The molecule has 5 saturated heterocycles. The molecule has 0 aromatic rings. The Hall–Kier alpha value is -1.83. The minimum atomic E-state index is -2.19. The fourth-order valence-corrected chi connectivity index (χ4v) is 8.53. The summed E-state index contributed by atoms with van der Waals surface area (Å²) in [7, 11) is 0. The van der Waals surface area contributed by atoms with E-state index in [0.29, 0.717) is 0 Å². The van der Waals surface area contributed by atoms with Crippen molar-refractivity contribution in [3.8, 4) is 0 Å². The van der Waals surface area contributed by atoms with Crippen molar-refractivity contribution in [3.05, 3.63) is 0 Å². The van der Waals surface area contributed by atoms with E-state index in [-0.39, 0.29) is 17.5 Å². The van der Waals surface area contributed by atoms with Gasteiger partial charge in [-0.25, -0.2) is 0 Å². The third-order valence-corrected chi connectivity index (χ3v) is 12.4. The van der Waals surface area contributed by atoms with Crippen LogP contribution in [0.4, 0.5) is 0 Å². The minimum absolute atomic E-state index is 0.0938. The van der Waals surface area contributed by atoms with E-state index in [9.17, 15) is 85.9 Å². The molecule has 2 amide bonds. The maximum atomic E-state index is 12.6. The van der Waals surface area contributed by atoms with Crippen molar-refractivity contribution < 1.29 is 129 Å². The molecule has 5 fully saturated rings. The van der Waals surface area contributed by atoms with Crippen LogP contribution in [0.25, 0.3) is 0 Å². The molecular formula is C37H61BrN2O26. The molecule has 5 aliphatic heterocycles. The van der Waals surface area contributed by atoms with Crippen molar-refractivity contribution in [3.63, 3.8) is 0 Å². The minimum Gasteiger partial charge on any atom is -0.394 e. The molecule has 0 bridgehead atoms. The Morgan fingerprint density at radius 1 is 0.455 bits per heavy atom. The number of rotatable bonds is 18. The van der Waals surface area contributed by atoms with Gasteiger partial charge in [-0.1, -0.05) is 15.9 Å². The van der Waals surface area contributed by atoms with Crippen LogP contribution in [0, 0.1) is 0 Å². The Morgan fingerprint density at radius 3 is 1.41 bits per heavy atom. The van der Waals surface area contributed by atoms with Crippen LogP contribution in [0.5, 0.6) is 0 Å². The molecule has 0 aliphatic carbocycles. The van der Waals surface area contributed by atoms with Gasteiger partial charge in [-0.15, -0.1) is 0 Å². The standard InChI is InChI=1S/C37H61BrN2O26/c1-10(45)39-19-13(3-12(47)4-38)59-16(7-43)31(24(19)51)64-34-20(40-11(2)46)25(52)32(17(8-44)62-34)65-37-30(57)33(66-36-29(56)27(54)22(49)15(6-42)61-36)23(50)18(63-37)9-58-35-28(55)26(53)21(48)14(5-41)60-35/h13-37,41-44,48-57H,3-9H2,1-2H3,(H,39,45)(H,40,46)/t13-,14?,15?,16?,17?,18?,19?,20?,21-,22-,23-,24+,25+,26-,27?,28?,29?,30?,31-,32-,33-,34-,35+,36-,37-/m0/s1. The fourth-order valence-electron chi connectivity index (χ4n) is 8.30. The van der Waals surface area contributed by atoms with E-state index in [4.69, 9.17) is 42.6 Å². The molecule has 16 N–H and O–H groups in total. The number of aliphatic hydroxyl groups is 14. The predicted molar refractivity (Wildman–Crippen MR) is 211 cm³/mol. The van der Waals surface area contributed by atoms with Crippen LogP contribution in [-0.4, -0.2) is 281 Å². The van der Waals surface area contributed by atoms with Gasteiger partial charge in [0.1, 0.15) is 122 Å². The molecule has 29 heteroatoms. The van der Waals surface area contributed by atoms with Gasteiger partial charge in [-0.3, -0.25) is 14.4 Å². The molecule has 0 aromatic carbocycles. The fraction of sp³-hybridized carbons (Fsp3) is 0.919. The molecule has 5 rings (SSSR count). The maximum Gasteiger partial charge on any atom is 0.217 e. The van der Waals surface area contributed by atoms with Crippen LogP contribution in [0.1, 0.15) is 20.3 Å². The number of hydrogen-bond acceptors (Lipinski definition) is 26. The largest absolute Gasteiger partial charge is 0.394 e. The van der Waals surface area contributed by atoms with E-state index in [1.165, 1.54) is 0 Å². The Balaban J connectivity index is 1.42. The van der Waals surface area contributed by atoms with E-state index < -0.39 is 198 Å². The number of Topliss-reactive ketones (excluding diaryl/α,β-unsaturated/α-hetero) is 1. The van der Waals surface area contributed by atoms with Crippen molar-refractivity contribution in [1.82, 2.24) is 10.6 Å². The molecule has 66 heavy (non-hydrogen) atoms. The topological polar surface area (TPSA) is 442 Å². The molecule has 11 unspecified atom stereocenters. The van der Waals surface area contributed by atoms with Gasteiger partial charge in [-0.2, -0.15) is 0 Å². The molecular weight excluding hydrogens is 968 g/mol. The van der Waals surface area contributed by atoms with Crippen molar-refractivity contribution in [2.75, 3.05) is 38.4 Å². The van der Waals surface area contributed by atoms with Crippen molar-refractivity contribution in [2.24, 2.45) is 0 Å². The van der Waals surface area contributed by atoms with E-state index in [1.807, 2.05) is 0 Å². The molecule has 5 heterocycles. The van der Waals surface area contributed by atoms with Crippen LogP contribution in [0.2, 0.25) is 0 Å². The van der Waals surface area contributed by atoms with Crippen LogP contribution >= 0.6 is 15.9 Å². The highest BCUT2D eigenvalue weighted by atomic mass is 79.9. The van der Waals surface area contributed by atoms with Crippen molar-refractivity contribution in [2.45, 2.75) is 173 Å². The van der Waals surface area contributed by atoms with Gasteiger partial charge < -0.3 is 125 Å². The van der Waals surface area contributed by atoms with E-state index in [2.05, 4.69) is 26.6 Å². The van der Waals surface area contributed by atoms with Gasteiger partial charge in [0, 0.05) is 20.3 Å². The monoisotopic (exact) mass is 1030 g/mol. The molecule has 0 aromatic heterocycles. The highest BCUT2D eigenvalue weighted by Gasteiger charge is 2.56. The molecule has 5 aliphatic rings. The lowest BCUT2D eigenvalue weighted by Crippen LogP contribution is -2.70. The van der Waals surface area contributed by atoms with Crippen LogP contribution in [-0.2, 0) is 57.0 Å². The van der Waals surface area contributed by atoms with E-state index >= 15 is 0 Å². The first kappa shape index (κ1) is 55.1. The third-order valence-electron chi connectivity index (χ3n) is 11.8. The molecule has 25 atom stereocenters. The molecule has 0 saturated carbocycles. The summed E-state index contributed by atoms with van der Waals surface area (Å²) in [4.78, 5) is 37.1. The van der Waals surface area contributed by atoms with Crippen molar-refractivity contribution >= 4 is 33.5 Å².